The van der Waals surface area contributed by atoms with E-state index >= 15 is 0 Å². The lowest BCUT2D eigenvalue weighted by Gasteiger charge is -2.15. The minimum atomic E-state index is -0.877. The molecular formula is C16H14ClFN2O3. The molecule has 7 heteroatoms. The zero-order valence-electron chi connectivity index (χ0n) is 12.2. The van der Waals surface area contributed by atoms with Gasteiger partial charge in [0.1, 0.15) is 11.6 Å². The van der Waals surface area contributed by atoms with E-state index in [1.54, 1.807) is 31.2 Å². The molecule has 0 aliphatic rings. The Balaban J connectivity index is 2.03. The number of amides is 2. The fraction of sp³-hybridized carbons (Fsp3) is 0.125. The second kappa shape index (κ2) is 7.11. The van der Waals surface area contributed by atoms with Crippen LogP contribution in [-0.2, 0) is 4.79 Å². The van der Waals surface area contributed by atoms with Crippen molar-refractivity contribution in [1.82, 2.24) is 0 Å². The molecule has 0 saturated heterocycles. The Morgan fingerprint density at radius 2 is 2.00 bits per heavy atom. The van der Waals surface area contributed by atoms with Crippen molar-refractivity contribution in [3.8, 4) is 5.75 Å². The lowest BCUT2D eigenvalue weighted by molar-refractivity contribution is -0.122. The lowest BCUT2D eigenvalue weighted by atomic mass is 10.2. The third-order valence-electron chi connectivity index (χ3n) is 2.98. The summed E-state index contributed by atoms with van der Waals surface area (Å²) in [5, 5.41) is 2.98. The number of rotatable bonds is 5. The molecule has 0 radical (unpaired) electrons. The van der Waals surface area contributed by atoms with Gasteiger partial charge in [0, 0.05) is 10.7 Å². The van der Waals surface area contributed by atoms with E-state index in [1.165, 1.54) is 12.1 Å². The van der Waals surface area contributed by atoms with E-state index in [4.69, 9.17) is 22.1 Å². The molecule has 1 unspecified atom stereocenters. The first-order valence-electron chi connectivity index (χ1n) is 6.69. The van der Waals surface area contributed by atoms with Gasteiger partial charge < -0.3 is 15.8 Å². The number of nitrogens with two attached hydrogens (primary N) is 1. The number of carbonyl (C=O) groups is 2. The van der Waals surface area contributed by atoms with E-state index in [-0.39, 0.29) is 11.3 Å². The summed E-state index contributed by atoms with van der Waals surface area (Å²) in [6, 6.07) is 10.2. The zero-order chi connectivity index (χ0) is 17.0. The van der Waals surface area contributed by atoms with Crippen molar-refractivity contribution in [2.45, 2.75) is 13.0 Å². The molecule has 0 bridgehead atoms. The molecule has 3 N–H and O–H groups in total. The van der Waals surface area contributed by atoms with Gasteiger partial charge in [-0.15, -0.1) is 0 Å². The quantitative estimate of drug-likeness (QED) is 0.880. The van der Waals surface area contributed by atoms with Gasteiger partial charge in [0.05, 0.1) is 5.56 Å². The van der Waals surface area contributed by atoms with Crippen LogP contribution in [0.4, 0.5) is 10.1 Å². The monoisotopic (exact) mass is 336 g/mol. The van der Waals surface area contributed by atoms with Crippen LogP contribution in [0.2, 0.25) is 5.02 Å². The molecule has 0 aromatic heterocycles. The van der Waals surface area contributed by atoms with Crippen LogP contribution in [0.15, 0.2) is 42.5 Å². The summed E-state index contributed by atoms with van der Waals surface area (Å²) >= 11 is 5.84. The van der Waals surface area contributed by atoms with Crippen LogP contribution in [0.1, 0.15) is 17.3 Å². The first-order valence-corrected chi connectivity index (χ1v) is 7.07. The van der Waals surface area contributed by atoms with E-state index < -0.39 is 23.7 Å². The molecule has 0 fully saturated rings. The van der Waals surface area contributed by atoms with Crippen LogP contribution in [0, 0.1) is 5.82 Å². The molecule has 120 valence electrons. The van der Waals surface area contributed by atoms with Crippen molar-refractivity contribution in [3.05, 3.63) is 58.9 Å². The highest BCUT2D eigenvalue weighted by molar-refractivity contribution is 6.30. The number of nitrogens with one attached hydrogen (secondary N) is 1. The number of hydrogen-bond acceptors (Lipinski definition) is 3. The van der Waals surface area contributed by atoms with Crippen molar-refractivity contribution in [3.63, 3.8) is 0 Å². The molecule has 0 aliphatic carbocycles. The van der Waals surface area contributed by atoms with Gasteiger partial charge in [0.2, 0.25) is 0 Å². The first-order chi connectivity index (χ1) is 10.9. The van der Waals surface area contributed by atoms with Gasteiger partial charge >= 0.3 is 0 Å². The van der Waals surface area contributed by atoms with Gasteiger partial charge in [-0.2, -0.15) is 0 Å². The third-order valence-corrected chi connectivity index (χ3v) is 3.22. The highest BCUT2D eigenvalue weighted by Gasteiger charge is 2.16. The van der Waals surface area contributed by atoms with Crippen molar-refractivity contribution in [2.24, 2.45) is 5.73 Å². The normalized spacial score (nSPS) is 11.6. The van der Waals surface area contributed by atoms with Gasteiger partial charge in [-0.1, -0.05) is 17.7 Å². The molecule has 0 aliphatic heterocycles. The number of benzene rings is 2. The van der Waals surface area contributed by atoms with E-state index in [2.05, 4.69) is 5.32 Å². The molecular weight excluding hydrogens is 323 g/mol. The van der Waals surface area contributed by atoms with Crippen LogP contribution in [0.25, 0.3) is 0 Å². The third kappa shape index (κ3) is 4.43. The minimum Gasteiger partial charge on any atom is -0.481 e. The van der Waals surface area contributed by atoms with Crippen LogP contribution >= 0.6 is 11.6 Å². The van der Waals surface area contributed by atoms with Crippen LogP contribution < -0.4 is 15.8 Å². The lowest BCUT2D eigenvalue weighted by Crippen LogP contribution is -2.30. The summed E-state index contributed by atoms with van der Waals surface area (Å²) in [6.07, 6.45) is -0.827. The van der Waals surface area contributed by atoms with Gasteiger partial charge in [-0.3, -0.25) is 9.59 Å². The number of ether oxygens (including phenoxy) is 1. The van der Waals surface area contributed by atoms with Crippen molar-refractivity contribution in [1.29, 1.82) is 0 Å². The molecule has 2 rings (SSSR count). The highest BCUT2D eigenvalue weighted by Crippen LogP contribution is 2.19. The van der Waals surface area contributed by atoms with Crippen molar-refractivity contribution >= 4 is 29.1 Å². The standard InChI is InChI=1S/C16H14ClFN2O3/c1-9(23-12-4-2-3-10(17)7-12)16(22)20-11-5-6-13(15(19)21)14(18)8-11/h2-9H,1H3,(H2,19,21)(H,20,22). The summed E-state index contributed by atoms with van der Waals surface area (Å²) in [6.45, 7) is 1.55. The van der Waals surface area contributed by atoms with Crippen LogP contribution in [-0.4, -0.2) is 17.9 Å². The number of primary amides is 1. The molecule has 5 nitrogen and oxygen atoms in total. The molecule has 0 saturated carbocycles. The maximum absolute atomic E-state index is 13.6. The van der Waals surface area contributed by atoms with Gasteiger partial charge in [0.25, 0.3) is 11.8 Å². The SMILES string of the molecule is CC(Oc1cccc(Cl)c1)C(=O)Nc1ccc(C(N)=O)c(F)c1. The largest absolute Gasteiger partial charge is 0.481 e. The molecule has 23 heavy (non-hydrogen) atoms. The average Bonchev–Trinajstić information content (AvgIpc) is 2.46. The van der Waals surface area contributed by atoms with E-state index in [1.807, 2.05) is 0 Å². The first kappa shape index (κ1) is 16.8. The van der Waals surface area contributed by atoms with Gasteiger partial charge in [-0.05, 0) is 43.3 Å². The molecule has 2 aromatic rings. The number of hydrogen-bond donors (Lipinski definition) is 2. The average molecular weight is 337 g/mol. The van der Waals surface area contributed by atoms with E-state index in [9.17, 15) is 14.0 Å². The molecule has 0 heterocycles. The Bertz CT molecular complexity index is 752. The van der Waals surface area contributed by atoms with Gasteiger partial charge in [-0.25, -0.2) is 4.39 Å². The summed E-state index contributed by atoms with van der Waals surface area (Å²) in [4.78, 5) is 23.0. The molecule has 0 spiro atoms. The zero-order valence-corrected chi connectivity index (χ0v) is 12.9. The Morgan fingerprint density at radius 1 is 1.26 bits per heavy atom. The minimum absolute atomic E-state index is 0.194. The van der Waals surface area contributed by atoms with Gasteiger partial charge in [0.15, 0.2) is 6.10 Å². The molecule has 2 aromatic carbocycles. The fourth-order valence-corrected chi connectivity index (χ4v) is 2.01. The van der Waals surface area contributed by atoms with Crippen LogP contribution in [0.5, 0.6) is 5.75 Å². The summed E-state index contributed by atoms with van der Waals surface area (Å²) in [5.41, 5.74) is 4.96. The Kier molecular flexibility index (Phi) is 5.18. The number of halogens is 2. The second-order valence-corrected chi connectivity index (χ2v) is 5.20. The number of anilines is 1. The fourth-order valence-electron chi connectivity index (χ4n) is 1.83. The molecule has 1 atom stereocenters. The topological polar surface area (TPSA) is 81.4 Å². The highest BCUT2D eigenvalue weighted by atomic mass is 35.5. The van der Waals surface area contributed by atoms with E-state index in [0.717, 1.165) is 6.07 Å². The van der Waals surface area contributed by atoms with Crippen molar-refractivity contribution in [2.75, 3.05) is 5.32 Å². The summed E-state index contributed by atoms with van der Waals surface area (Å²) in [7, 11) is 0. The smallest absolute Gasteiger partial charge is 0.265 e. The van der Waals surface area contributed by atoms with E-state index in [0.29, 0.717) is 10.8 Å². The predicted octanol–water partition coefficient (Wildman–Crippen LogP) is 2.98. The maximum Gasteiger partial charge on any atom is 0.265 e. The molecule has 2 amide bonds. The predicted molar refractivity (Wildman–Crippen MR) is 85.1 cm³/mol. The summed E-state index contributed by atoms with van der Waals surface area (Å²) < 4.78 is 19.1. The Morgan fingerprint density at radius 3 is 2.61 bits per heavy atom. The number of carbonyl (C=O) groups excluding carboxylic acids is 2. The maximum atomic E-state index is 13.6. The van der Waals surface area contributed by atoms with Crippen molar-refractivity contribution < 1.29 is 18.7 Å². The Hall–Kier alpha value is -2.60. The van der Waals surface area contributed by atoms with Crippen LogP contribution in [0.3, 0.4) is 0 Å². The second-order valence-electron chi connectivity index (χ2n) is 4.77. The summed E-state index contributed by atoms with van der Waals surface area (Å²) in [5.74, 6) is -1.72. The Labute approximate surface area is 137 Å².